The van der Waals surface area contributed by atoms with Gasteiger partial charge in [-0.25, -0.2) is 0 Å². The molecule has 1 amide bonds. The van der Waals surface area contributed by atoms with E-state index in [0.717, 1.165) is 24.2 Å². The summed E-state index contributed by atoms with van der Waals surface area (Å²) in [5, 5.41) is 0. The van der Waals surface area contributed by atoms with E-state index >= 15 is 0 Å². The maximum absolute atomic E-state index is 13.3. The zero-order valence-electron chi connectivity index (χ0n) is 13.5. The second-order valence-corrected chi connectivity index (χ2v) is 6.21. The highest BCUT2D eigenvalue weighted by atomic mass is 16.2. The van der Waals surface area contributed by atoms with E-state index in [1.54, 1.807) is 0 Å². The molecule has 0 fully saturated rings. The molecule has 0 unspecified atom stereocenters. The molecule has 1 aliphatic rings. The van der Waals surface area contributed by atoms with Crippen molar-refractivity contribution in [3.05, 3.63) is 95.8 Å². The largest absolute Gasteiger partial charge is 0.348 e. The SMILES string of the molecule is O=C(C(c1ccccc1)c1ccccc1)N1CCn2cccc2C1. The van der Waals surface area contributed by atoms with E-state index in [9.17, 15) is 4.79 Å². The van der Waals surface area contributed by atoms with E-state index in [0.29, 0.717) is 6.54 Å². The number of benzene rings is 2. The van der Waals surface area contributed by atoms with Crippen LogP contribution in [0.3, 0.4) is 0 Å². The first kappa shape index (κ1) is 14.8. The van der Waals surface area contributed by atoms with Crippen molar-refractivity contribution in [3.63, 3.8) is 0 Å². The van der Waals surface area contributed by atoms with Crippen LogP contribution in [0.2, 0.25) is 0 Å². The highest BCUT2D eigenvalue weighted by Gasteiger charge is 2.29. The molecule has 3 aromatic rings. The van der Waals surface area contributed by atoms with Crippen LogP contribution in [-0.4, -0.2) is 21.9 Å². The van der Waals surface area contributed by atoms with Crippen molar-refractivity contribution < 1.29 is 4.79 Å². The Kier molecular flexibility index (Phi) is 3.91. The number of rotatable bonds is 3. The Morgan fingerprint density at radius 3 is 2.04 bits per heavy atom. The van der Waals surface area contributed by atoms with Gasteiger partial charge in [0.25, 0.3) is 0 Å². The summed E-state index contributed by atoms with van der Waals surface area (Å²) >= 11 is 0. The highest BCUT2D eigenvalue weighted by molar-refractivity contribution is 5.87. The van der Waals surface area contributed by atoms with Crippen molar-refractivity contribution in [3.8, 4) is 0 Å². The average molecular weight is 316 g/mol. The van der Waals surface area contributed by atoms with Crippen LogP contribution in [0.1, 0.15) is 22.7 Å². The summed E-state index contributed by atoms with van der Waals surface area (Å²) in [6.07, 6.45) is 2.09. The molecule has 2 heterocycles. The molecule has 0 saturated carbocycles. The van der Waals surface area contributed by atoms with Crippen molar-refractivity contribution in [1.82, 2.24) is 9.47 Å². The van der Waals surface area contributed by atoms with E-state index in [1.807, 2.05) is 65.6 Å². The lowest BCUT2D eigenvalue weighted by atomic mass is 9.90. The molecule has 24 heavy (non-hydrogen) atoms. The standard InChI is InChI=1S/C21H20N2O/c24-21(23-15-14-22-13-7-12-19(22)16-23)20(17-8-3-1-4-9-17)18-10-5-2-6-11-18/h1-13,20H,14-16H2. The summed E-state index contributed by atoms with van der Waals surface area (Å²) in [4.78, 5) is 15.3. The maximum Gasteiger partial charge on any atom is 0.234 e. The van der Waals surface area contributed by atoms with Crippen LogP contribution >= 0.6 is 0 Å². The van der Waals surface area contributed by atoms with Crippen molar-refractivity contribution >= 4 is 5.91 Å². The summed E-state index contributed by atoms with van der Waals surface area (Å²) < 4.78 is 2.23. The minimum absolute atomic E-state index is 0.180. The average Bonchev–Trinajstić information content (AvgIpc) is 3.11. The fraction of sp³-hybridized carbons (Fsp3) is 0.190. The number of carbonyl (C=O) groups excluding carboxylic acids is 1. The zero-order chi connectivity index (χ0) is 16.4. The van der Waals surface area contributed by atoms with Gasteiger partial charge in [0.15, 0.2) is 0 Å². The number of hydrogen-bond donors (Lipinski definition) is 0. The molecule has 0 saturated heterocycles. The summed E-state index contributed by atoms with van der Waals surface area (Å²) in [7, 11) is 0. The number of fused-ring (bicyclic) bond motifs is 1. The summed E-state index contributed by atoms with van der Waals surface area (Å²) in [6.45, 7) is 2.31. The molecule has 1 aromatic heterocycles. The number of aromatic nitrogens is 1. The molecule has 0 radical (unpaired) electrons. The zero-order valence-corrected chi connectivity index (χ0v) is 13.5. The number of hydrogen-bond acceptors (Lipinski definition) is 1. The smallest absolute Gasteiger partial charge is 0.234 e. The van der Waals surface area contributed by atoms with Crippen LogP contribution < -0.4 is 0 Å². The lowest BCUT2D eigenvalue weighted by Crippen LogP contribution is -2.40. The fourth-order valence-corrected chi connectivity index (χ4v) is 3.45. The second-order valence-electron chi connectivity index (χ2n) is 6.21. The lowest BCUT2D eigenvalue weighted by Gasteiger charge is -2.32. The van der Waals surface area contributed by atoms with Gasteiger partial charge >= 0.3 is 0 Å². The van der Waals surface area contributed by atoms with Gasteiger partial charge in [0.1, 0.15) is 0 Å². The highest BCUT2D eigenvalue weighted by Crippen LogP contribution is 2.28. The van der Waals surface area contributed by atoms with Gasteiger partial charge in [0, 0.05) is 25.0 Å². The van der Waals surface area contributed by atoms with Crippen LogP contribution in [0.25, 0.3) is 0 Å². The third-order valence-corrected chi connectivity index (χ3v) is 4.71. The minimum Gasteiger partial charge on any atom is -0.348 e. The molecular formula is C21H20N2O. The predicted octanol–water partition coefficient (Wildman–Crippen LogP) is 3.66. The third kappa shape index (κ3) is 2.73. The van der Waals surface area contributed by atoms with E-state index in [4.69, 9.17) is 0 Å². The molecule has 4 rings (SSSR count). The Morgan fingerprint density at radius 1 is 0.792 bits per heavy atom. The molecule has 3 nitrogen and oxygen atoms in total. The van der Waals surface area contributed by atoms with E-state index < -0.39 is 0 Å². The van der Waals surface area contributed by atoms with E-state index in [-0.39, 0.29) is 11.8 Å². The van der Waals surface area contributed by atoms with Gasteiger partial charge < -0.3 is 9.47 Å². The van der Waals surface area contributed by atoms with Gasteiger partial charge in [-0.05, 0) is 23.3 Å². The molecule has 0 aliphatic carbocycles. The fourth-order valence-electron chi connectivity index (χ4n) is 3.45. The molecule has 0 atom stereocenters. The van der Waals surface area contributed by atoms with Crippen LogP contribution in [0, 0.1) is 0 Å². The molecule has 3 heteroatoms. The Hall–Kier alpha value is -2.81. The van der Waals surface area contributed by atoms with Gasteiger partial charge in [-0.3, -0.25) is 4.79 Å². The molecule has 0 N–H and O–H groups in total. The monoisotopic (exact) mass is 316 g/mol. The normalized spacial score (nSPS) is 13.8. The number of nitrogens with zero attached hydrogens (tertiary/aromatic N) is 2. The van der Waals surface area contributed by atoms with Crippen LogP contribution in [0.4, 0.5) is 0 Å². The van der Waals surface area contributed by atoms with Gasteiger partial charge in [-0.1, -0.05) is 60.7 Å². The van der Waals surface area contributed by atoms with E-state index in [2.05, 4.69) is 22.9 Å². The third-order valence-electron chi connectivity index (χ3n) is 4.71. The Labute approximate surface area is 142 Å². The Morgan fingerprint density at radius 2 is 1.42 bits per heavy atom. The predicted molar refractivity (Wildman–Crippen MR) is 94.6 cm³/mol. The first-order valence-corrected chi connectivity index (χ1v) is 8.35. The van der Waals surface area contributed by atoms with Crippen molar-refractivity contribution in [1.29, 1.82) is 0 Å². The van der Waals surface area contributed by atoms with Crippen LogP contribution in [0.15, 0.2) is 79.0 Å². The molecule has 0 bridgehead atoms. The van der Waals surface area contributed by atoms with Crippen LogP contribution in [-0.2, 0) is 17.9 Å². The van der Waals surface area contributed by atoms with E-state index in [1.165, 1.54) is 5.69 Å². The minimum atomic E-state index is -0.242. The topological polar surface area (TPSA) is 25.2 Å². The van der Waals surface area contributed by atoms with Crippen molar-refractivity contribution in [2.75, 3.05) is 6.54 Å². The first-order valence-electron chi connectivity index (χ1n) is 8.35. The first-order chi connectivity index (χ1) is 11.8. The summed E-state index contributed by atoms with van der Waals surface area (Å²) in [6, 6.07) is 24.3. The lowest BCUT2D eigenvalue weighted by molar-refractivity contribution is -0.133. The number of amides is 1. The molecule has 120 valence electrons. The van der Waals surface area contributed by atoms with Gasteiger partial charge in [-0.15, -0.1) is 0 Å². The van der Waals surface area contributed by atoms with Gasteiger partial charge in [0.05, 0.1) is 12.5 Å². The quantitative estimate of drug-likeness (QED) is 0.724. The van der Waals surface area contributed by atoms with Crippen LogP contribution in [0.5, 0.6) is 0 Å². The second kappa shape index (κ2) is 6.36. The maximum atomic E-state index is 13.3. The number of carbonyl (C=O) groups is 1. The molecular weight excluding hydrogens is 296 g/mol. The molecule has 2 aromatic carbocycles. The molecule has 1 aliphatic heterocycles. The Bertz CT molecular complexity index is 784. The van der Waals surface area contributed by atoms with Crippen molar-refractivity contribution in [2.45, 2.75) is 19.0 Å². The van der Waals surface area contributed by atoms with Crippen molar-refractivity contribution in [2.24, 2.45) is 0 Å². The van der Waals surface area contributed by atoms with Gasteiger partial charge in [-0.2, -0.15) is 0 Å². The van der Waals surface area contributed by atoms with Gasteiger partial charge in [0.2, 0.25) is 5.91 Å². The summed E-state index contributed by atoms with van der Waals surface area (Å²) in [5.41, 5.74) is 3.30. The summed E-state index contributed by atoms with van der Waals surface area (Å²) in [5.74, 6) is -0.0613. The Balaban J connectivity index is 1.68. The molecule has 0 spiro atoms.